The number of carbonyl (C=O) groups is 1. The van der Waals surface area contributed by atoms with Gasteiger partial charge < -0.3 is 10.4 Å². The zero-order valence-corrected chi connectivity index (χ0v) is 8.29. The highest BCUT2D eigenvalue weighted by atomic mass is 16.3. The molecule has 76 valence electrons. The number of hydrogen-bond donors (Lipinski definition) is 2. The van der Waals surface area contributed by atoms with Crippen molar-refractivity contribution in [2.45, 2.75) is 20.0 Å². The van der Waals surface area contributed by atoms with E-state index in [9.17, 15) is 9.90 Å². The first kappa shape index (κ1) is 10.5. The van der Waals surface area contributed by atoms with Crippen LogP contribution in [0.4, 0.5) is 0 Å². The molecule has 2 N–H and O–H groups in total. The van der Waals surface area contributed by atoms with Crippen molar-refractivity contribution in [3.8, 4) is 0 Å². The van der Waals surface area contributed by atoms with Gasteiger partial charge in [-0.3, -0.25) is 9.69 Å². The SMILES string of the molecule is CC(C)C(O)CN1CCNC(=O)C1. The van der Waals surface area contributed by atoms with Crippen LogP contribution in [0.3, 0.4) is 0 Å². The number of carbonyl (C=O) groups excluding carboxylic acids is 1. The summed E-state index contributed by atoms with van der Waals surface area (Å²) in [7, 11) is 0. The zero-order chi connectivity index (χ0) is 9.84. The lowest BCUT2D eigenvalue weighted by Gasteiger charge is -2.29. The summed E-state index contributed by atoms with van der Waals surface area (Å²) in [5, 5.41) is 12.3. The second-order valence-corrected chi connectivity index (χ2v) is 3.90. The normalized spacial score (nSPS) is 21.7. The molecule has 1 rings (SSSR count). The van der Waals surface area contributed by atoms with Gasteiger partial charge in [-0.2, -0.15) is 0 Å². The van der Waals surface area contributed by atoms with Gasteiger partial charge in [0, 0.05) is 19.6 Å². The van der Waals surface area contributed by atoms with Gasteiger partial charge in [0.15, 0.2) is 0 Å². The number of amides is 1. The Kier molecular flexibility index (Phi) is 3.69. The largest absolute Gasteiger partial charge is 0.392 e. The van der Waals surface area contributed by atoms with Crippen molar-refractivity contribution in [3.05, 3.63) is 0 Å². The number of β-amino-alcohol motifs (C(OH)–C–C–N with tert-alkyl or cyclic N) is 1. The Morgan fingerprint density at radius 1 is 1.62 bits per heavy atom. The number of hydrogen-bond acceptors (Lipinski definition) is 3. The molecule has 0 saturated carbocycles. The third-order valence-electron chi connectivity index (χ3n) is 2.33. The number of rotatable bonds is 3. The third-order valence-corrected chi connectivity index (χ3v) is 2.33. The molecule has 13 heavy (non-hydrogen) atoms. The molecule has 1 saturated heterocycles. The van der Waals surface area contributed by atoms with Crippen molar-refractivity contribution in [3.63, 3.8) is 0 Å². The second-order valence-electron chi connectivity index (χ2n) is 3.90. The van der Waals surface area contributed by atoms with Crippen LogP contribution in [0.2, 0.25) is 0 Å². The summed E-state index contributed by atoms with van der Waals surface area (Å²) in [5.74, 6) is 0.312. The lowest BCUT2D eigenvalue weighted by Crippen LogP contribution is -2.50. The molecule has 0 aromatic heterocycles. The van der Waals surface area contributed by atoms with Crippen LogP contribution in [0.15, 0.2) is 0 Å². The molecule has 0 aromatic rings. The fourth-order valence-corrected chi connectivity index (χ4v) is 1.32. The van der Waals surface area contributed by atoms with Crippen LogP contribution in [0.25, 0.3) is 0 Å². The molecule has 4 nitrogen and oxygen atoms in total. The van der Waals surface area contributed by atoms with E-state index in [4.69, 9.17) is 0 Å². The van der Waals surface area contributed by atoms with E-state index in [1.165, 1.54) is 0 Å². The van der Waals surface area contributed by atoms with Crippen LogP contribution in [0.5, 0.6) is 0 Å². The van der Waals surface area contributed by atoms with Gasteiger partial charge in [-0.1, -0.05) is 13.8 Å². The fourth-order valence-electron chi connectivity index (χ4n) is 1.32. The molecular weight excluding hydrogens is 168 g/mol. The lowest BCUT2D eigenvalue weighted by atomic mass is 10.1. The monoisotopic (exact) mass is 186 g/mol. The minimum absolute atomic E-state index is 0.0576. The molecule has 0 aliphatic carbocycles. The molecule has 1 aliphatic rings. The Balaban J connectivity index is 2.31. The lowest BCUT2D eigenvalue weighted by molar-refractivity contribution is -0.124. The average molecular weight is 186 g/mol. The molecule has 1 amide bonds. The van der Waals surface area contributed by atoms with E-state index in [1.54, 1.807) is 0 Å². The molecule has 0 radical (unpaired) electrons. The molecule has 1 aliphatic heterocycles. The molecule has 0 aromatic carbocycles. The quantitative estimate of drug-likeness (QED) is 0.621. The fraction of sp³-hybridized carbons (Fsp3) is 0.889. The van der Waals surface area contributed by atoms with Crippen LogP contribution >= 0.6 is 0 Å². The predicted octanol–water partition coefficient (Wildman–Crippen LogP) is -0.565. The Hall–Kier alpha value is -0.610. The van der Waals surface area contributed by atoms with E-state index in [2.05, 4.69) is 5.32 Å². The van der Waals surface area contributed by atoms with Crippen molar-refractivity contribution in [1.82, 2.24) is 10.2 Å². The molecular formula is C9H18N2O2. The van der Waals surface area contributed by atoms with E-state index in [0.717, 1.165) is 6.54 Å². The van der Waals surface area contributed by atoms with E-state index in [-0.39, 0.29) is 17.9 Å². The number of piperazine rings is 1. The molecule has 4 heteroatoms. The summed E-state index contributed by atoms with van der Waals surface area (Å²) in [6.07, 6.45) is -0.328. The van der Waals surface area contributed by atoms with Gasteiger partial charge >= 0.3 is 0 Å². The van der Waals surface area contributed by atoms with E-state index in [0.29, 0.717) is 19.6 Å². The summed E-state index contributed by atoms with van der Waals surface area (Å²) in [6.45, 7) is 6.53. The van der Waals surface area contributed by atoms with Gasteiger partial charge in [0.1, 0.15) is 0 Å². The topological polar surface area (TPSA) is 52.6 Å². The summed E-state index contributed by atoms with van der Waals surface area (Å²) in [4.78, 5) is 13.0. The molecule has 0 bridgehead atoms. The maximum Gasteiger partial charge on any atom is 0.234 e. The number of aliphatic hydroxyl groups excluding tert-OH is 1. The van der Waals surface area contributed by atoms with Crippen LogP contribution in [0, 0.1) is 5.92 Å². The summed E-state index contributed by atoms with van der Waals surface area (Å²) in [5.41, 5.74) is 0. The second kappa shape index (κ2) is 4.58. The van der Waals surface area contributed by atoms with E-state index >= 15 is 0 Å². The van der Waals surface area contributed by atoms with Crippen molar-refractivity contribution in [1.29, 1.82) is 0 Å². The van der Waals surface area contributed by atoms with Crippen LogP contribution in [-0.4, -0.2) is 48.2 Å². The minimum Gasteiger partial charge on any atom is -0.392 e. The van der Waals surface area contributed by atoms with Gasteiger partial charge in [-0.15, -0.1) is 0 Å². The van der Waals surface area contributed by atoms with Gasteiger partial charge in [0.25, 0.3) is 0 Å². The highest BCUT2D eigenvalue weighted by molar-refractivity contribution is 5.78. The van der Waals surface area contributed by atoms with Crippen molar-refractivity contribution in [2.75, 3.05) is 26.2 Å². The first-order valence-electron chi connectivity index (χ1n) is 4.76. The maximum atomic E-state index is 11.0. The van der Waals surface area contributed by atoms with E-state index < -0.39 is 0 Å². The van der Waals surface area contributed by atoms with E-state index in [1.807, 2.05) is 18.7 Å². The smallest absolute Gasteiger partial charge is 0.234 e. The Morgan fingerprint density at radius 3 is 2.85 bits per heavy atom. The Morgan fingerprint density at radius 2 is 2.31 bits per heavy atom. The molecule has 0 spiro atoms. The van der Waals surface area contributed by atoms with Crippen LogP contribution in [-0.2, 0) is 4.79 Å². The summed E-state index contributed by atoms with van der Waals surface area (Å²) in [6, 6.07) is 0. The molecule has 1 fully saturated rings. The molecule has 1 atom stereocenters. The third kappa shape index (κ3) is 3.32. The summed E-state index contributed by atoms with van der Waals surface area (Å²) < 4.78 is 0. The molecule has 1 heterocycles. The maximum absolute atomic E-state index is 11.0. The van der Waals surface area contributed by atoms with Gasteiger partial charge in [0.2, 0.25) is 5.91 Å². The van der Waals surface area contributed by atoms with Gasteiger partial charge in [-0.25, -0.2) is 0 Å². The number of nitrogens with zero attached hydrogens (tertiary/aromatic N) is 1. The van der Waals surface area contributed by atoms with Crippen LogP contribution < -0.4 is 5.32 Å². The van der Waals surface area contributed by atoms with Gasteiger partial charge in [-0.05, 0) is 5.92 Å². The average Bonchev–Trinajstić information content (AvgIpc) is 2.04. The standard InChI is InChI=1S/C9H18N2O2/c1-7(2)8(12)5-11-4-3-10-9(13)6-11/h7-8,12H,3-6H2,1-2H3,(H,10,13). The van der Waals surface area contributed by atoms with Gasteiger partial charge in [0.05, 0.1) is 12.6 Å². The molecule has 1 unspecified atom stereocenters. The predicted molar refractivity (Wildman–Crippen MR) is 50.3 cm³/mol. The van der Waals surface area contributed by atoms with Crippen LogP contribution in [0.1, 0.15) is 13.8 Å². The number of aliphatic hydroxyl groups is 1. The first-order chi connectivity index (χ1) is 6.09. The highest BCUT2D eigenvalue weighted by Gasteiger charge is 2.19. The number of nitrogens with one attached hydrogen (secondary N) is 1. The Labute approximate surface area is 78.9 Å². The summed E-state index contributed by atoms with van der Waals surface area (Å²) >= 11 is 0. The van der Waals surface area contributed by atoms with Crippen molar-refractivity contribution < 1.29 is 9.90 Å². The Bertz CT molecular complexity index is 182. The van der Waals surface area contributed by atoms with Crippen molar-refractivity contribution in [2.24, 2.45) is 5.92 Å². The van der Waals surface area contributed by atoms with Crippen molar-refractivity contribution >= 4 is 5.91 Å². The zero-order valence-electron chi connectivity index (χ0n) is 8.29. The first-order valence-corrected chi connectivity index (χ1v) is 4.76. The highest BCUT2D eigenvalue weighted by Crippen LogP contribution is 2.04. The minimum atomic E-state index is -0.328.